The Labute approximate surface area is 171 Å². The largest absolute Gasteiger partial charge is 0.348 e. The lowest BCUT2D eigenvalue weighted by molar-refractivity contribution is 0.0950. The summed E-state index contributed by atoms with van der Waals surface area (Å²) in [5, 5.41) is 7.73. The molecule has 0 fully saturated rings. The van der Waals surface area contributed by atoms with Crippen molar-refractivity contribution in [3.8, 4) is 16.9 Å². The third-order valence-corrected chi connectivity index (χ3v) is 4.70. The van der Waals surface area contributed by atoms with Crippen LogP contribution in [0.5, 0.6) is 0 Å². The molecule has 0 unspecified atom stereocenters. The second-order valence-electron chi connectivity index (χ2n) is 6.22. The molecular formula is C22H17BrN4O. The Balaban J connectivity index is 1.63. The van der Waals surface area contributed by atoms with E-state index in [9.17, 15) is 4.79 Å². The second-order valence-corrected chi connectivity index (χ2v) is 7.14. The van der Waals surface area contributed by atoms with Gasteiger partial charge in [-0.3, -0.25) is 9.78 Å². The molecule has 0 radical (unpaired) electrons. The standard InChI is InChI=1S/C22H17BrN4O/c23-19-11-17(12-24-14-19)22(28)25-13-18-15-27(20-9-5-2-6-10-20)26-21(18)16-7-3-1-4-8-16/h1-12,14-15H,13H2,(H,25,28). The van der Waals surface area contributed by atoms with Gasteiger partial charge in [0.1, 0.15) is 0 Å². The molecular weight excluding hydrogens is 416 g/mol. The molecule has 0 aliphatic heterocycles. The first kappa shape index (κ1) is 18.1. The first-order valence-corrected chi connectivity index (χ1v) is 9.58. The lowest BCUT2D eigenvalue weighted by Gasteiger charge is -2.06. The molecule has 0 atom stereocenters. The number of hydrogen-bond acceptors (Lipinski definition) is 3. The number of carbonyl (C=O) groups excluding carboxylic acids is 1. The van der Waals surface area contributed by atoms with Crippen molar-refractivity contribution in [2.24, 2.45) is 0 Å². The Morgan fingerprint density at radius 1 is 1.00 bits per heavy atom. The van der Waals surface area contributed by atoms with Crippen LogP contribution in [0, 0.1) is 0 Å². The molecule has 6 heteroatoms. The monoisotopic (exact) mass is 432 g/mol. The van der Waals surface area contributed by atoms with Crippen LogP contribution >= 0.6 is 15.9 Å². The fraction of sp³-hybridized carbons (Fsp3) is 0.0455. The number of hydrogen-bond donors (Lipinski definition) is 1. The summed E-state index contributed by atoms with van der Waals surface area (Å²) in [6.45, 7) is 0.363. The van der Waals surface area contributed by atoms with Crippen molar-refractivity contribution in [3.63, 3.8) is 0 Å². The van der Waals surface area contributed by atoms with Crippen molar-refractivity contribution in [2.45, 2.75) is 6.54 Å². The van der Waals surface area contributed by atoms with Gasteiger partial charge in [0.05, 0.1) is 16.9 Å². The first-order chi connectivity index (χ1) is 13.7. The van der Waals surface area contributed by atoms with Crippen LogP contribution in [0.4, 0.5) is 0 Å². The number of nitrogens with zero attached hydrogens (tertiary/aromatic N) is 3. The van der Waals surface area contributed by atoms with Crippen LogP contribution in [0.15, 0.2) is 89.8 Å². The molecule has 0 aliphatic rings. The van der Waals surface area contributed by atoms with E-state index in [0.717, 1.165) is 27.0 Å². The van der Waals surface area contributed by atoms with Crippen molar-refractivity contribution in [1.29, 1.82) is 0 Å². The van der Waals surface area contributed by atoms with Crippen molar-refractivity contribution in [2.75, 3.05) is 0 Å². The van der Waals surface area contributed by atoms with Gasteiger partial charge in [-0.1, -0.05) is 48.5 Å². The molecule has 28 heavy (non-hydrogen) atoms. The van der Waals surface area contributed by atoms with Gasteiger partial charge in [0.15, 0.2) is 0 Å². The Morgan fingerprint density at radius 2 is 1.71 bits per heavy atom. The van der Waals surface area contributed by atoms with E-state index in [-0.39, 0.29) is 5.91 Å². The van der Waals surface area contributed by atoms with Crippen LogP contribution in [0.25, 0.3) is 16.9 Å². The van der Waals surface area contributed by atoms with E-state index < -0.39 is 0 Å². The Bertz CT molecular complexity index is 1090. The van der Waals surface area contributed by atoms with Gasteiger partial charge in [0.25, 0.3) is 5.91 Å². The highest BCUT2D eigenvalue weighted by molar-refractivity contribution is 9.10. The maximum absolute atomic E-state index is 12.5. The van der Waals surface area contributed by atoms with Gasteiger partial charge in [-0.25, -0.2) is 4.68 Å². The summed E-state index contributed by atoms with van der Waals surface area (Å²) < 4.78 is 2.60. The third-order valence-electron chi connectivity index (χ3n) is 4.26. The van der Waals surface area contributed by atoms with Crippen LogP contribution in [-0.2, 0) is 6.54 Å². The molecule has 4 aromatic rings. The van der Waals surface area contributed by atoms with E-state index in [1.54, 1.807) is 18.5 Å². The third kappa shape index (κ3) is 4.02. The minimum absolute atomic E-state index is 0.180. The van der Waals surface area contributed by atoms with Gasteiger partial charge in [-0.2, -0.15) is 5.10 Å². The van der Waals surface area contributed by atoms with E-state index in [1.807, 2.05) is 71.5 Å². The highest BCUT2D eigenvalue weighted by Crippen LogP contribution is 2.23. The van der Waals surface area contributed by atoms with Gasteiger partial charge in [-0.15, -0.1) is 0 Å². The van der Waals surface area contributed by atoms with Crippen molar-refractivity contribution < 1.29 is 4.79 Å². The molecule has 2 aromatic heterocycles. The maximum atomic E-state index is 12.5. The number of carbonyl (C=O) groups is 1. The molecule has 1 amide bonds. The summed E-state index contributed by atoms with van der Waals surface area (Å²) in [4.78, 5) is 16.5. The van der Waals surface area contributed by atoms with E-state index in [1.165, 1.54) is 0 Å². The molecule has 0 saturated carbocycles. The van der Waals surface area contributed by atoms with Crippen molar-refractivity contribution in [1.82, 2.24) is 20.1 Å². The van der Waals surface area contributed by atoms with Crippen LogP contribution in [0.3, 0.4) is 0 Å². The minimum Gasteiger partial charge on any atom is -0.348 e. The number of pyridine rings is 1. The van der Waals surface area contributed by atoms with Crippen LogP contribution in [0.2, 0.25) is 0 Å². The van der Waals surface area contributed by atoms with Crippen molar-refractivity contribution >= 4 is 21.8 Å². The number of rotatable bonds is 5. The SMILES string of the molecule is O=C(NCc1cn(-c2ccccc2)nc1-c1ccccc1)c1cncc(Br)c1. The fourth-order valence-corrected chi connectivity index (χ4v) is 3.27. The molecule has 2 aromatic carbocycles. The predicted octanol–water partition coefficient (Wildman–Crippen LogP) is 4.63. The second kappa shape index (κ2) is 8.19. The van der Waals surface area contributed by atoms with Crippen LogP contribution < -0.4 is 5.32 Å². The predicted molar refractivity (Wildman–Crippen MR) is 112 cm³/mol. The highest BCUT2D eigenvalue weighted by Gasteiger charge is 2.14. The topological polar surface area (TPSA) is 59.8 Å². The summed E-state index contributed by atoms with van der Waals surface area (Å²) in [7, 11) is 0. The van der Waals surface area contributed by atoms with E-state index in [4.69, 9.17) is 5.10 Å². The molecule has 0 saturated heterocycles. The molecule has 2 heterocycles. The first-order valence-electron chi connectivity index (χ1n) is 8.79. The number of halogens is 1. The minimum atomic E-state index is -0.180. The normalized spacial score (nSPS) is 10.6. The molecule has 1 N–H and O–H groups in total. The summed E-state index contributed by atoms with van der Waals surface area (Å²) in [5.74, 6) is -0.180. The van der Waals surface area contributed by atoms with Gasteiger partial charge in [0, 0.05) is 40.7 Å². The molecule has 0 bridgehead atoms. The molecule has 0 spiro atoms. The summed E-state index contributed by atoms with van der Waals surface area (Å²) in [6, 6.07) is 21.6. The van der Waals surface area contributed by atoms with Gasteiger partial charge < -0.3 is 5.32 Å². The Morgan fingerprint density at radius 3 is 2.43 bits per heavy atom. The highest BCUT2D eigenvalue weighted by atomic mass is 79.9. The number of amides is 1. The molecule has 5 nitrogen and oxygen atoms in total. The van der Waals surface area contributed by atoms with Gasteiger partial charge >= 0.3 is 0 Å². The smallest absolute Gasteiger partial charge is 0.253 e. The average molecular weight is 433 g/mol. The van der Waals surface area contributed by atoms with Crippen molar-refractivity contribution in [3.05, 3.63) is 101 Å². The summed E-state index contributed by atoms with van der Waals surface area (Å²) >= 11 is 3.34. The van der Waals surface area contributed by atoms with Gasteiger partial charge in [-0.05, 0) is 34.1 Å². The van der Waals surface area contributed by atoms with Crippen LogP contribution in [-0.4, -0.2) is 20.7 Å². The number of para-hydroxylation sites is 1. The quantitative estimate of drug-likeness (QED) is 0.500. The van der Waals surface area contributed by atoms with E-state index in [0.29, 0.717) is 12.1 Å². The zero-order valence-electron chi connectivity index (χ0n) is 14.9. The molecule has 0 aliphatic carbocycles. The maximum Gasteiger partial charge on any atom is 0.253 e. The van der Waals surface area contributed by atoms with Crippen LogP contribution in [0.1, 0.15) is 15.9 Å². The molecule has 138 valence electrons. The van der Waals surface area contributed by atoms with E-state index in [2.05, 4.69) is 26.2 Å². The Kier molecular flexibility index (Phi) is 5.30. The van der Waals surface area contributed by atoms with E-state index >= 15 is 0 Å². The van der Waals surface area contributed by atoms with Gasteiger partial charge in [0.2, 0.25) is 0 Å². The number of nitrogens with one attached hydrogen (secondary N) is 1. The lowest BCUT2D eigenvalue weighted by Crippen LogP contribution is -2.23. The Hall–Kier alpha value is -3.25. The lowest BCUT2D eigenvalue weighted by atomic mass is 10.1. The summed E-state index contributed by atoms with van der Waals surface area (Å²) in [6.07, 6.45) is 5.15. The zero-order valence-corrected chi connectivity index (χ0v) is 16.5. The zero-order chi connectivity index (χ0) is 19.3. The molecule has 4 rings (SSSR count). The number of benzene rings is 2. The average Bonchev–Trinajstić information content (AvgIpc) is 3.17. The number of aromatic nitrogens is 3. The fourth-order valence-electron chi connectivity index (χ4n) is 2.90. The summed E-state index contributed by atoms with van der Waals surface area (Å²) in [5.41, 5.74) is 4.26.